The van der Waals surface area contributed by atoms with Crippen molar-refractivity contribution in [2.24, 2.45) is 5.92 Å². The number of carbonyl (C=O) groups is 3. The maximum atomic E-state index is 14.0. The number of methoxy groups -OCH3 is 1. The van der Waals surface area contributed by atoms with Crippen LogP contribution in [-0.2, 0) is 14.3 Å². The Bertz CT molecular complexity index is 2150. The van der Waals surface area contributed by atoms with E-state index in [1.165, 1.54) is 7.11 Å². The molecule has 3 heterocycles. The number of amides is 3. The van der Waals surface area contributed by atoms with E-state index in [1.807, 2.05) is 98.9 Å². The molecular formula is C45H58N8O5Si. The number of rotatable bonds is 17. The van der Waals surface area contributed by atoms with Gasteiger partial charge in [0.05, 0.1) is 43.0 Å². The van der Waals surface area contributed by atoms with E-state index in [4.69, 9.17) is 14.5 Å². The molecule has 5 aromatic rings. The van der Waals surface area contributed by atoms with E-state index in [9.17, 15) is 14.4 Å². The van der Waals surface area contributed by atoms with Gasteiger partial charge < -0.3 is 35.0 Å². The molecule has 1 fully saturated rings. The molecule has 59 heavy (non-hydrogen) atoms. The normalized spacial score (nSPS) is 15.6. The van der Waals surface area contributed by atoms with Crippen LogP contribution in [-0.4, -0.2) is 89.2 Å². The summed E-state index contributed by atoms with van der Waals surface area (Å²) >= 11 is 0. The van der Waals surface area contributed by atoms with E-state index in [0.29, 0.717) is 23.9 Å². The Morgan fingerprint density at radius 1 is 0.881 bits per heavy atom. The molecule has 13 nitrogen and oxygen atoms in total. The van der Waals surface area contributed by atoms with Crippen molar-refractivity contribution in [3.63, 3.8) is 0 Å². The van der Waals surface area contributed by atoms with Crippen LogP contribution in [0.5, 0.6) is 11.5 Å². The summed E-state index contributed by atoms with van der Waals surface area (Å²) in [5.74, 6) is 2.51. The van der Waals surface area contributed by atoms with Crippen LogP contribution in [0.3, 0.4) is 0 Å². The minimum absolute atomic E-state index is 0.0189. The van der Waals surface area contributed by atoms with E-state index < -0.39 is 20.9 Å². The Hall–Kier alpha value is -5.73. The molecule has 312 valence electrons. The summed E-state index contributed by atoms with van der Waals surface area (Å²) in [6, 6.07) is 24.9. The molecule has 2 aromatic heterocycles. The van der Waals surface area contributed by atoms with E-state index in [2.05, 4.69) is 57.4 Å². The van der Waals surface area contributed by atoms with Crippen molar-refractivity contribution in [3.05, 3.63) is 108 Å². The Labute approximate surface area is 348 Å². The predicted molar refractivity (Wildman–Crippen MR) is 233 cm³/mol. The number of alkyl carbamates (subject to hydrolysis) is 1. The highest BCUT2D eigenvalue weighted by Crippen LogP contribution is 2.34. The molecule has 1 saturated heterocycles. The van der Waals surface area contributed by atoms with Gasteiger partial charge in [-0.15, -0.1) is 0 Å². The second kappa shape index (κ2) is 19.8. The average Bonchev–Trinajstić information content (AvgIpc) is 4.04. The number of aromatic amines is 2. The molecular weight excluding hydrogens is 761 g/mol. The van der Waals surface area contributed by atoms with Crippen LogP contribution in [0.4, 0.5) is 4.79 Å². The van der Waals surface area contributed by atoms with Crippen molar-refractivity contribution in [1.29, 1.82) is 0 Å². The van der Waals surface area contributed by atoms with Gasteiger partial charge in [0.25, 0.3) is 0 Å². The zero-order chi connectivity index (χ0) is 42.1. The van der Waals surface area contributed by atoms with Gasteiger partial charge >= 0.3 is 6.09 Å². The smallest absolute Gasteiger partial charge is 0.407 e. The third-order valence-electron chi connectivity index (χ3n) is 10.9. The molecule has 0 aliphatic carbocycles. The lowest BCUT2D eigenvalue weighted by Gasteiger charge is -2.30. The van der Waals surface area contributed by atoms with E-state index in [-0.39, 0.29) is 35.9 Å². The van der Waals surface area contributed by atoms with Crippen molar-refractivity contribution in [2.75, 3.05) is 26.7 Å². The fourth-order valence-corrected chi connectivity index (χ4v) is 9.07. The highest BCUT2D eigenvalue weighted by Gasteiger charge is 2.37. The number of imidazole rings is 2. The number of nitrogens with zero attached hydrogens (tertiary/aromatic N) is 4. The van der Waals surface area contributed by atoms with E-state index >= 15 is 0 Å². The molecule has 0 bridgehead atoms. The van der Waals surface area contributed by atoms with Crippen molar-refractivity contribution in [1.82, 2.24) is 40.4 Å². The maximum Gasteiger partial charge on any atom is 0.407 e. The number of likely N-dealkylation sites (tertiary alicyclic amines) is 1. The lowest BCUT2D eigenvalue weighted by atomic mass is 10.0. The number of hydrogen-bond donors (Lipinski definition) is 4. The summed E-state index contributed by atoms with van der Waals surface area (Å²) in [5.41, 5.74) is 4.49. The molecule has 1 aliphatic rings. The topological polar surface area (TPSA) is 158 Å². The van der Waals surface area contributed by atoms with Crippen LogP contribution in [0.2, 0.25) is 19.1 Å². The quantitative estimate of drug-likeness (QED) is 0.0688. The van der Waals surface area contributed by atoms with Gasteiger partial charge in [-0.3, -0.25) is 14.5 Å². The number of hydrogen-bond acceptors (Lipinski definition) is 8. The van der Waals surface area contributed by atoms with Crippen molar-refractivity contribution in [3.8, 4) is 34.0 Å². The second-order valence-electron chi connectivity index (χ2n) is 15.8. The molecule has 6 rings (SSSR count). The molecule has 0 radical (unpaired) electrons. The first-order valence-electron chi connectivity index (χ1n) is 20.7. The van der Waals surface area contributed by atoms with Crippen molar-refractivity contribution >= 4 is 26.7 Å². The summed E-state index contributed by atoms with van der Waals surface area (Å²) in [7, 11) is 0.197. The monoisotopic (exact) mass is 818 g/mol. The second-order valence-corrected chi connectivity index (χ2v) is 19.1. The summed E-state index contributed by atoms with van der Waals surface area (Å²) < 4.78 is 11.1. The predicted octanol–water partition coefficient (Wildman–Crippen LogP) is 8.03. The Morgan fingerprint density at radius 3 is 2.27 bits per heavy atom. The van der Waals surface area contributed by atoms with Crippen LogP contribution in [0.25, 0.3) is 22.5 Å². The number of nitrogens with one attached hydrogen (secondary N) is 4. The summed E-state index contributed by atoms with van der Waals surface area (Å²) in [6.45, 7) is 14.7. The minimum Gasteiger partial charge on any atom is -0.457 e. The number of benzene rings is 3. The molecule has 0 spiro atoms. The van der Waals surface area contributed by atoms with Gasteiger partial charge in [-0.1, -0.05) is 83.3 Å². The van der Waals surface area contributed by atoms with E-state index in [0.717, 1.165) is 65.9 Å². The molecule has 4 N–H and O–H groups in total. The number of aromatic nitrogens is 4. The lowest BCUT2D eigenvalue weighted by molar-refractivity contribution is -0.135. The summed E-state index contributed by atoms with van der Waals surface area (Å²) in [6.07, 6.45) is 4.59. The van der Waals surface area contributed by atoms with Crippen LogP contribution in [0, 0.1) is 5.92 Å². The molecule has 3 amide bonds. The van der Waals surface area contributed by atoms with Gasteiger partial charge in [-0.2, -0.15) is 0 Å². The Morgan fingerprint density at radius 2 is 1.59 bits per heavy atom. The Kier molecular flexibility index (Phi) is 14.4. The molecule has 1 unspecified atom stereocenters. The van der Waals surface area contributed by atoms with E-state index in [1.54, 1.807) is 11.1 Å². The Balaban J connectivity index is 1.12. The molecule has 0 saturated carbocycles. The molecule has 1 aliphatic heterocycles. The summed E-state index contributed by atoms with van der Waals surface area (Å²) in [5, 5.41) is 6.07. The fraction of sp³-hybridized carbons (Fsp3) is 0.400. The highest BCUT2D eigenvalue weighted by molar-refractivity contribution is 6.55. The first-order chi connectivity index (χ1) is 28.5. The molecule has 14 heteroatoms. The maximum absolute atomic E-state index is 14.0. The van der Waals surface area contributed by atoms with Crippen molar-refractivity contribution < 1.29 is 23.9 Å². The fourth-order valence-electron chi connectivity index (χ4n) is 7.78. The standard InChI is InChI=1S/C45H58N8O5Si/c1-8-52(9-2)40(31-15-11-10-12-16-31)43(54)50-37(28-59(6)7)41-46-26-35(48-41)30-20-22-33(23-21-30)58-34-18-13-17-32(25-34)36-27-47-42(49-36)38-19-14-24-53(38)44(55)39(29(3)4)51-45(56)57-5/h10-13,15-18,20-23,25-27,29,37-40,59H,8-9,14,19,24,28H2,1-7H3,(H,46,48)(H,47,49)(H,50,54)(H,51,56)/t37-,38?,39-,40+/m0/s1. The largest absolute Gasteiger partial charge is 0.457 e. The van der Waals surface area contributed by atoms with Gasteiger partial charge in [0.15, 0.2) is 0 Å². The highest BCUT2D eigenvalue weighted by atomic mass is 28.3. The van der Waals surface area contributed by atoms with Crippen LogP contribution in [0.15, 0.2) is 91.3 Å². The first kappa shape index (κ1) is 42.9. The number of carbonyl (C=O) groups excluding carboxylic acids is 3. The van der Waals surface area contributed by atoms with Gasteiger partial charge in [0.1, 0.15) is 35.2 Å². The van der Waals surface area contributed by atoms with Gasteiger partial charge in [0, 0.05) is 20.9 Å². The first-order valence-corrected chi connectivity index (χ1v) is 23.8. The van der Waals surface area contributed by atoms with Crippen LogP contribution in [0.1, 0.15) is 75.9 Å². The third-order valence-corrected chi connectivity index (χ3v) is 12.3. The number of ether oxygens (including phenoxy) is 2. The molecule has 3 aromatic carbocycles. The van der Waals surface area contributed by atoms with Gasteiger partial charge in [-0.25, -0.2) is 14.8 Å². The van der Waals surface area contributed by atoms with Gasteiger partial charge in [-0.05, 0) is 85.4 Å². The average molecular weight is 819 g/mol. The van der Waals surface area contributed by atoms with Crippen LogP contribution < -0.4 is 15.4 Å². The number of likely N-dealkylation sites (N-methyl/N-ethyl adjacent to an activating group) is 1. The molecule has 4 atom stereocenters. The third kappa shape index (κ3) is 10.5. The summed E-state index contributed by atoms with van der Waals surface area (Å²) in [4.78, 5) is 59.9. The van der Waals surface area contributed by atoms with Crippen LogP contribution >= 0.6 is 0 Å². The van der Waals surface area contributed by atoms with Crippen molar-refractivity contribution in [2.45, 2.75) is 83.8 Å². The van der Waals surface area contributed by atoms with Gasteiger partial charge in [0.2, 0.25) is 11.8 Å². The zero-order valence-corrected chi connectivity index (χ0v) is 36.4. The SMILES string of the molecule is CCN(CC)[C@@H](C(=O)N[C@@H](C[SiH](C)C)c1ncc(-c2ccc(Oc3cccc(-c4cnc(C5CCCN5C(=O)[C@@H](NC(=O)OC)C(C)C)[nH]4)c3)cc2)[nH]1)c1ccccc1. The zero-order valence-electron chi connectivity index (χ0n) is 35.2. The lowest BCUT2D eigenvalue weighted by Crippen LogP contribution is -2.51. The minimum atomic E-state index is -1.09. The number of H-pyrrole nitrogens is 2.